The highest BCUT2D eigenvalue weighted by atomic mass is 35.5. The first-order chi connectivity index (χ1) is 15.3. The van der Waals surface area contributed by atoms with Crippen LogP contribution in [0.2, 0.25) is 0 Å². The number of halogens is 3. The minimum absolute atomic E-state index is 0. The lowest BCUT2D eigenvalue weighted by Crippen LogP contribution is -2.49. The van der Waals surface area contributed by atoms with Gasteiger partial charge in [0.15, 0.2) is 5.96 Å². The number of nitrogens with one attached hydrogen (secondary N) is 3. The van der Waals surface area contributed by atoms with E-state index in [1.165, 1.54) is 12.1 Å². The van der Waals surface area contributed by atoms with Crippen LogP contribution >= 0.6 is 24.2 Å². The lowest BCUT2D eigenvalue weighted by atomic mass is 10.0. The minimum atomic E-state index is -1.08. The van der Waals surface area contributed by atoms with Gasteiger partial charge in [0.25, 0.3) is 5.91 Å². The van der Waals surface area contributed by atoms with Gasteiger partial charge in [-0.3, -0.25) is 15.6 Å². The number of amides is 1. The summed E-state index contributed by atoms with van der Waals surface area (Å²) < 4.78 is 33.7. The van der Waals surface area contributed by atoms with Gasteiger partial charge < -0.3 is 10.5 Å². The number of hydrogen-bond acceptors (Lipinski definition) is 6. The summed E-state index contributed by atoms with van der Waals surface area (Å²) in [5.74, 6) is -1.96. The SMILES string of the molecule is CO[C@@H](C)C(=O)N1N=C(c2cc(F)ccc2F)SC1(CCNNC(=N)N)c1ccccc1.Cl. The van der Waals surface area contributed by atoms with E-state index in [1.807, 2.05) is 30.3 Å². The molecule has 0 saturated heterocycles. The number of rotatable bonds is 8. The number of hydrazone groups is 1. The molecule has 3 rings (SSSR count). The molecule has 0 fully saturated rings. The average Bonchev–Trinajstić information content (AvgIpc) is 3.18. The number of hydrazine groups is 1. The van der Waals surface area contributed by atoms with Crippen molar-refractivity contribution in [3.8, 4) is 0 Å². The smallest absolute Gasteiger partial charge is 0.273 e. The molecule has 0 saturated carbocycles. The van der Waals surface area contributed by atoms with Crippen LogP contribution in [0.15, 0.2) is 53.6 Å². The van der Waals surface area contributed by atoms with Crippen LogP contribution in [0.3, 0.4) is 0 Å². The molecular weight excluding hydrogens is 474 g/mol. The number of guanidine groups is 1. The Morgan fingerprint density at radius 2 is 2.00 bits per heavy atom. The zero-order chi connectivity index (χ0) is 23.3. The second-order valence-electron chi connectivity index (χ2n) is 7.03. The molecule has 178 valence electrons. The van der Waals surface area contributed by atoms with Crippen molar-refractivity contribution in [1.82, 2.24) is 15.9 Å². The summed E-state index contributed by atoms with van der Waals surface area (Å²) in [5.41, 5.74) is 11.3. The van der Waals surface area contributed by atoms with Crippen molar-refractivity contribution < 1.29 is 18.3 Å². The molecule has 0 bridgehead atoms. The maximum atomic E-state index is 14.6. The topological polar surface area (TPSA) is 116 Å². The molecule has 5 N–H and O–H groups in total. The Balaban J connectivity index is 0.00000385. The standard InChI is InChI=1S/C21H24F2N6O2S.ClH/c1-13(31-2)19(30)29-21(10-11-26-27-20(24)25,14-6-4-3-5-7-14)32-18(28-29)16-12-15(22)8-9-17(16)23;/h3-9,12-13,26H,10-11H2,1-2H3,(H4,24,25,27);1H/t13-,21?;/m0./s1. The van der Waals surface area contributed by atoms with Crippen LogP contribution < -0.4 is 16.6 Å². The van der Waals surface area contributed by atoms with Crippen molar-refractivity contribution in [2.45, 2.75) is 24.3 Å². The lowest BCUT2D eigenvalue weighted by Gasteiger charge is -2.37. The van der Waals surface area contributed by atoms with Gasteiger partial charge in [0, 0.05) is 25.6 Å². The molecule has 33 heavy (non-hydrogen) atoms. The number of nitrogens with zero attached hydrogens (tertiary/aromatic N) is 2. The maximum Gasteiger partial charge on any atom is 0.273 e. The number of carbonyl (C=O) groups is 1. The quantitative estimate of drug-likeness (QED) is 0.192. The van der Waals surface area contributed by atoms with Crippen molar-refractivity contribution in [1.29, 1.82) is 5.41 Å². The Bertz CT molecular complexity index is 1030. The Labute approximate surface area is 200 Å². The Morgan fingerprint density at radius 3 is 2.64 bits per heavy atom. The monoisotopic (exact) mass is 498 g/mol. The minimum Gasteiger partial charge on any atom is -0.372 e. The first kappa shape index (κ1) is 26.5. The molecule has 2 atom stereocenters. The maximum absolute atomic E-state index is 14.6. The van der Waals surface area contributed by atoms with Crippen LogP contribution in [0.5, 0.6) is 0 Å². The van der Waals surface area contributed by atoms with Gasteiger partial charge in [0.1, 0.15) is 27.7 Å². The second-order valence-corrected chi connectivity index (χ2v) is 8.29. The Hall–Kier alpha value is -2.73. The van der Waals surface area contributed by atoms with Crippen LogP contribution in [-0.2, 0) is 14.4 Å². The van der Waals surface area contributed by atoms with E-state index >= 15 is 0 Å². The molecule has 0 radical (unpaired) electrons. The molecule has 0 spiro atoms. The number of nitrogens with two attached hydrogens (primary N) is 1. The number of hydrogen-bond donors (Lipinski definition) is 4. The van der Waals surface area contributed by atoms with Gasteiger partial charge >= 0.3 is 0 Å². The molecule has 1 amide bonds. The summed E-state index contributed by atoms with van der Waals surface area (Å²) in [6.45, 7) is 1.87. The van der Waals surface area contributed by atoms with E-state index in [-0.39, 0.29) is 35.5 Å². The average molecular weight is 499 g/mol. The third kappa shape index (κ3) is 5.80. The fourth-order valence-corrected chi connectivity index (χ4v) is 4.62. The molecule has 1 heterocycles. The fourth-order valence-electron chi connectivity index (χ4n) is 3.24. The van der Waals surface area contributed by atoms with E-state index in [2.05, 4.69) is 16.0 Å². The number of thioether (sulfide) groups is 1. The van der Waals surface area contributed by atoms with Gasteiger partial charge in [-0.1, -0.05) is 42.1 Å². The first-order valence-electron chi connectivity index (χ1n) is 9.77. The predicted octanol–water partition coefficient (Wildman–Crippen LogP) is 2.89. The van der Waals surface area contributed by atoms with E-state index in [4.69, 9.17) is 15.9 Å². The summed E-state index contributed by atoms with van der Waals surface area (Å²) in [7, 11) is 1.41. The molecule has 1 aliphatic rings. The summed E-state index contributed by atoms with van der Waals surface area (Å²) >= 11 is 1.15. The lowest BCUT2D eigenvalue weighted by molar-refractivity contribution is -0.144. The molecule has 8 nitrogen and oxygen atoms in total. The van der Waals surface area contributed by atoms with Crippen molar-refractivity contribution in [2.75, 3.05) is 13.7 Å². The van der Waals surface area contributed by atoms with Crippen LogP contribution in [-0.4, -0.2) is 41.7 Å². The summed E-state index contributed by atoms with van der Waals surface area (Å²) in [4.78, 5) is 12.2. The normalized spacial score (nSPS) is 18.3. The third-order valence-corrected chi connectivity index (χ3v) is 6.35. The first-order valence-corrected chi connectivity index (χ1v) is 10.6. The van der Waals surface area contributed by atoms with Gasteiger partial charge in [-0.2, -0.15) is 5.10 Å². The molecule has 0 aliphatic carbocycles. The van der Waals surface area contributed by atoms with E-state index in [9.17, 15) is 13.6 Å². The van der Waals surface area contributed by atoms with E-state index in [0.717, 1.165) is 35.5 Å². The number of carbonyl (C=O) groups excluding carboxylic acids is 1. The van der Waals surface area contributed by atoms with Crippen LogP contribution in [0, 0.1) is 17.0 Å². The second kappa shape index (κ2) is 11.4. The summed E-state index contributed by atoms with van der Waals surface area (Å²) in [5, 5.41) is 13.2. The van der Waals surface area contributed by atoms with Crippen molar-refractivity contribution in [3.05, 3.63) is 71.3 Å². The Kier molecular flexibility index (Phi) is 9.17. The molecular formula is C21H25ClF2N6O2S. The fraction of sp³-hybridized carbons (Fsp3) is 0.286. The molecule has 0 aromatic heterocycles. The van der Waals surface area contributed by atoms with E-state index in [1.54, 1.807) is 6.92 Å². The number of benzene rings is 2. The molecule has 1 unspecified atom stereocenters. The van der Waals surface area contributed by atoms with Crippen molar-refractivity contribution in [3.63, 3.8) is 0 Å². The van der Waals surface area contributed by atoms with Gasteiger partial charge in [-0.15, -0.1) is 12.4 Å². The predicted molar refractivity (Wildman–Crippen MR) is 127 cm³/mol. The Morgan fingerprint density at radius 1 is 1.30 bits per heavy atom. The van der Waals surface area contributed by atoms with Crippen LogP contribution in [0.1, 0.15) is 24.5 Å². The molecule has 1 aliphatic heterocycles. The summed E-state index contributed by atoms with van der Waals surface area (Å²) in [6.07, 6.45) is -0.518. The van der Waals surface area contributed by atoms with Crippen LogP contribution in [0.25, 0.3) is 0 Å². The van der Waals surface area contributed by atoms with E-state index < -0.39 is 28.5 Å². The van der Waals surface area contributed by atoms with E-state index in [0.29, 0.717) is 6.42 Å². The van der Waals surface area contributed by atoms with Crippen molar-refractivity contribution in [2.24, 2.45) is 10.8 Å². The van der Waals surface area contributed by atoms with Crippen molar-refractivity contribution >= 4 is 41.1 Å². The highest BCUT2D eigenvalue weighted by Gasteiger charge is 2.49. The zero-order valence-corrected chi connectivity index (χ0v) is 19.6. The largest absolute Gasteiger partial charge is 0.372 e. The van der Waals surface area contributed by atoms with Gasteiger partial charge in [-0.25, -0.2) is 19.2 Å². The third-order valence-electron chi connectivity index (χ3n) is 4.90. The molecule has 12 heteroatoms. The highest BCUT2D eigenvalue weighted by Crippen LogP contribution is 2.50. The van der Waals surface area contributed by atoms with Gasteiger partial charge in [-0.05, 0) is 30.7 Å². The zero-order valence-electron chi connectivity index (χ0n) is 18.0. The molecule has 2 aromatic carbocycles. The summed E-state index contributed by atoms with van der Waals surface area (Å²) in [6, 6.07) is 12.3. The van der Waals surface area contributed by atoms with Gasteiger partial charge in [0.2, 0.25) is 0 Å². The highest BCUT2D eigenvalue weighted by molar-refractivity contribution is 8.15. The van der Waals surface area contributed by atoms with Crippen LogP contribution in [0.4, 0.5) is 8.78 Å². The molecule has 2 aromatic rings. The number of methoxy groups -OCH3 is 1. The van der Waals surface area contributed by atoms with Gasteiger partial charge in [0.05, 0.1) is 0 Å². The number of ether oxygens (including phenoxy) is 1.